The van der Waals surface area contributed by atoms with Crippen LogP contribution in [-0.2, 0) is 27.8 Å². The van der Waals surface area contributed by atoms with Gasteiger partial charge in [0.05, 0.1) is 11.0 Å². The van der Waals surface area contributed by atoms with E-state index in [1.54, 1.807) is 37.4 Å². The van der Waals surface area contributed by atoms with E-state index in [0.717, 1.165) is 24.0 Å². The summed E-state index contributed by atoms with van der Waals surface area (Å²) < 4.78 is 46.2. The summed E-state index contributed by atoms with van der Waals surface area (Å²) in [5, 5.41) is 6.27. The minimum atomic E-state index is -3.56. The molecule has 1 unspecified atom stereocenters. The van der Waals surface area contributed by atoms with E-state index in [1.807, 2.05) is 6.07 Å². The second kappa shape index (κ2) is 12.3. The number of hydrogen-bond donors (Lipinski definition) is 3. The molecule has 1 fully saturated rings. The van der Waals surface area contributed by atoms with E-state index in [4.69, 9.17) is 4.74 Å². The van der Waals surface area contributed by atoms with Crippen LogP contribution in [0.3, 0.4) is 0 Å². The molecule has 0 aliphatic carbocycles. The summed E-state index contributed by atoms with van der Waals surface area (Å²) in [6.07, 6.45) is 1.80. The summed E-state index contributed by atoms with van der Waals surface area (Å²) in [6, 6.07) is 13.0. The largest absolute Gasteiger partial charge is 0.377 e. The van der Waals surface area contributed by atoms with Crippen molar-refractivity contribution in [1.29, 1.82) is 0 Å². The molecular formula is C21H28FIN4O3S. The lowest BCUT2D eigenvalue weighted by Gasteiger charge is -2.13. The Bertz CT molecular complexity index is 965. The first-order valence-corrected chi connectivity index (χ1v) is 11.3. The number of sulfonamides is 1. The topological polar surface area (TPSA) is 91.8 Å². The molecule has 0 radical (unpaired) electrons. The maximum Gasteiger partial charge on any atom is 0.240 e. The number of ether oxygens (including phenoxy) is 1. The number of nitrogens with one attached hydrogen (secondary N) is 3. The van der Waals surface area contributed by atoms with E-state index in [0.29, 0.717) is 32.2 Å². The van der Waals surface area contributed by atoms with Gasteiger partial charge < -0.3 is 15.4 Å². The van der Waals surface area contributed by atoms with E-state index in [2.05, 4.69) is 20.3 Å². The number of nitrogens with zero attached hydrogens (tertiary/aromatic N) is 1. The molecule has 0 saturated carbocycles. The fourth-order valence-corrected chi connectivity index (χ4v) is 4.18. The first-order chi connectivity index (χ1) is 14.5. The van der Waals surface area contributed by atoms with E-state index in [1.165, 1.54) is 12.1 Å². The lowest BCUT2D eigenvalue weighted by atomic mass is 10.2. The zero-order valence-corrected chi connectivity index (χ0v) is 20.5. The highest BCUT2D eigenvalue weighted by Gasteiger charge is 2.20. The van der Waals surface area contributed by atoms with Crippen LogP contribution >= 0.6 is 24.0 Å². The third-order valence-electron chi connectivity index (χ3n) is 4.79. The predicted molar refractivity (Wildman–Crippen MR) is 129 cm³/mol. The van der Waals surface area contributed by atoms with E-state index in [9.17, 15) is 12.8 Å². The average Bonchev–Trinajstić information content (AvgIpc) is 3.27. The van der Waals surface area contributed by atoms with Crippen LogP contribution in [0.2, 0.25) is 0 Å². The molecule has 0 amide bonds. The van der Waals surface area contributed by atoms with Crippen molar-refractivity contribution >= 4 is 40.0 Å². The fraction of sp³-hybridized carbons (Fsp3) is 0.381. The lowest BCUT2D eigenvalue weighted by Crippen LogP contribution is -2.36. The summed E-state index contributed by atoms with van der Waals surface area (Å²) >= 11 is 0. The molecule has 1 aliphatic rings. The smallest absolute Gasteiger partial charge is 0.240 e. The summed E-state index contributed by atoms with van der Waals surface area (Å²) in [4.78, 5) is 4.36. The molecule has 2 aromatic rings. The molecule has 3 N–H and O–H groups in total. The van der Waals surface area contributed by atoms with Crippen molar-refractivity contribution in [2.45, 2.75) is 36.9 Å². The molecule has 0 bridgehead atoms. The Hall–Kier alpha value is -1.76. The van der Waals surface area contributed by atoms with E-state index < -0.39 is 10.0 Å². The van der Waals surface area contributed by atoms with Crippen LogP contribution in [0.5, 0.6) is 0 Å². The Balaban J connectivity index is 0.00000341. The highest BCUT2D eigenvalue weighted by Crippen LogP contribution is 2.14. The Morgan fingerprint density at radius 3 is 2.45 bits per heavy atom. The zero-order valence-electron chi connectivity index (χ0n) is 17.3. The summed E-state index contributed by atoms with van der Waals surface area (Å²) in [5.41, 5.74) is 1.71. The van der Waals surface area contributed by atoms with Crippen molar-refractivity contribution in [1.82, 2.24) is 15.4 Å². The van der Waals surface area contributed by atoms with Gasteiger partial charge in [-0.25, -0.2) is 17.5 Å². The average molecular weight is 562 g/mol. The van der Waals surface area contributed by atoms with Gasteiger partial charge in [0.1, 0.15) is 5.82 Å². The van der Waals surface area contributed by atoms with Gasteiger partial charge in [-0.1, -0.05) is 24.3 Å². The Morgan fingerprint density at radius 2 is 1.84 bits per heavy atom. The number of guanidine groups is 1. The van der Waals surface area contributed by atoms with Gasteiger partial charge in [0.25, 0.3) is 0 Å². The normalized spacial score (nSPS) is 16.6. The lowest BCUT2D eigenvalue weighted by molar-refractivity contribution is 0.114. The van der Waals surface area contributed by atoms with Crippen molar-refractivity contribution in [3.63, 3.8) is 0 Å². The molecule has 3 rings (SSSR count). The van der Waals surface area contributed by atoms with E-state index >= 15 is 0 Å². The molecule has 1 aliphatic heterocycles. The highest BCUT2D eigenvalue weighted by atomic mass is 127. The van der Waals surface area contributed by atoms with Crippen LogP contribution in [-0.4, -0.2) is 40.7 Å². The maximum atomic E-state index is 13.3. The van der Waals surface area contributed by atoms with Crippen LogP contribution < -0.4 is 15.4 Å². The van der Waals surface area contributed by atoms with Gasteiger partial charge in [-0.2, -0.15) is 0 Å². The molecule has 1 atom stereocenters. The van der Waals surface area contributed by atoms with Crippen LogP contribution in [0.25, 0.3) is 0 Å². The first kappa shape index (κ1) is 25.5. The van der Waals surface area contributed by atoms with Gasteiger partial charge in [0.2, 0.25) is 10.0 Å². The second-order valence-electron chi connectivity index (χ2n) is 7.04. The third kappa shape index (κ3) is 8.02. The number of aliphatic imine (C=N–C) groups is 1. The fourth-order valence-electron chi connectivity index (χ4n) is 3.12. The van der Waals surface area contributed by atoms with Gasteiger partial charge in [-0.05, 0) is 48.2 Å². The van der Waals surface area contributed by atoms with Crippen molar-refractivity contribution in [2.75, 3.05) is 20.2 Å². The van der Waals surface area contributed by atoms with Gasteiger partial charge in [-0.15, -0.1) is 24.0 Å². The quantitative estimate of drug-likeness (QED) is 0.262. The predicted octanol–water partition coefficient (Wildman–Crippen LogP) is 2.77. The molecule has 0 spiro atoms. The SMILES string of the molecule is CN=C(NCc1ccc(S(=O)(=O)NCC2CCCO2)cc1)NCc1cccc(F)c1.I. The molecule has 170 valence electrons. The minimum absolute atomic E-state index is 0. The van der Waals surface area contributed by atoms with Crippen LogP contribution in [0, 0.1) is 5.82 Å². The summed E-state index contributed by atoms with van der Waals surface area (Å²) in [7, 11) is -1.91. The van der Waals surface area contributed by atoms with Crippen molar-refractivity contribution in [2.24, 2.45) is 4.99 Å². The van der Waals surface area contributed by atoms with E-state index in [-0.39, 0.29) is 40.8 Å². The maximum absolute atomic E-state index is 13.3. The molecule has 10 heteroatoms. The molecule has 31 heavy (non-hydrogen) atoms. The Labute approximate surface area is 199 Å². The highest BCUT2D eigenvalue weighted by molar-refractivity contribution is 14.0. The van der Waals surface area contributed by atoms with Crippen molar-refractivity contribution in [3.05, 3.63) is 65.5 Å². The van der Waals surface area contributed by atoms with Crippen LogP contribution in [0.1, 0.15) is 24.0 Å². The summed E-state index contributed by atoms with van der Waals surface area (Å²) in [5.74, 6) is 0.284. The minimum Gasteiger partial charge on any atom is -0.377 e. The number of halogens is 2. The molecule has 2 aromatic carbocycles. The van der Waals surface area contributed by atoms with Gasteiger partial charge in [0, 0.05) is 33.3 Å². The van der Waals surface area contributed by atoms with Gasteiger partial charge >= 0.3 is 0 Å². The molecule has 0 aromatic heterocycles. The van der Waals surface area contributed by atoms with Crippen LogP contribution in [0.4, 0.5) is 4.39 Å². The molecular weight excluding hydrogens is 534 g/mol. The number of hydrogen-bond acceptors (Lipinski definition) is 4. The zero-order chi connectivity index (χ0) is 21.4. The third-order valence-corrected chi connectivity index (χ3v) is 6.23. The van der Waals surface area contributed by atoms with Gasteiger partial charge in [-0.3, -0.25) is 4.99 Å². The van der Waals surface area contributed by atoms with Gasteiger partial charge in [0.15, 0.2) is 5.96 Å². The molecule has 1 saturated heterocycles. The Morgan fingerprint density at radius 1 is 1.13 bits per heavy atom. The van der Waals surface area contributed by atoms with Crippen LogP contribution in [0.15, 0.2) is 58.4 Å². The standard InChI is InChI=1S/C21H27FN4O3S.HI/c1-23-21(25-14-17-4-2-5-18(22)12-17)24-13-16-7-9-20(10-8-16)30(27,28)26-15-19-6-3-11-29-19;/h2,4-5,7-10,12,19,26H,3,6,11,13-15H2,1H3,(H2,23,24,25);1H. The molecule has 1 heterocycles. The molecule has 7 nitrogen and oxygen atoms in total. The monoisotopic (exact) mass is 562 g/mol. The van der Waals surface area contributed by atoms with Crippen molar-refractivity contribution < 1.29 is 17.5 Å². The Kier molecular flexibility index (Phi) is 10.1. The van der Waals surface area contributed by atoms with Crippen molar-refractivity contribution in [3.8, 4) is 0 Å². The number of benzene rings is 2. The second-order valence-corrected chi connectivity index (χ2v) is 8.81. The first-order valence-electron chi connectivity index (χ1n) is 9.85. The number of rotatable bonds is 8. The summed E-state index contributed by atoms with van der Waals surface area (Å²) in [6.45, 7) is 1.88.